The van der Waals surface area contributed by atoms with Gasteiger partial charge in [0.25, 0.3) is 0 Å². The van der Waals surface area contributed by atoms with Gasteiger partial charge in [0.2, 0.25) is 0 Å². The van der Waals surface area contributed by atoms with E-state index in [4.69, 9.17) is 9.16 Å². The van der Waals surface area contributed by atoms with Crippen molar-refractivity contribution in [3.05, 3.63) is 52.9 Å². The third-order valence-electron chi connectivity index (χ3n) is 7.66. The summed E-state index contributed by atoms with van der Waals surface area (Å²) in [6, 6.07) is 5.29. The highest BCUT2D eigenvalue weighted by molar-refractivity contribution is 6.74. The van der Waals surface area contributed by atoms with Crippen LogP contribution in [0.4, 0.5) is 4.39 Å². The Labute approximate surface area is 205 Å². The normalized spacial score (nSPS) is 26.2. The molecule has 0 spiro atoms. The van der Waals surface area contributed by atoms with Crippen LogP contribution in [-0.2, 0) is 14.0 Å². The van der Waals surface area contributed by atoms with E-state index < -0.39 is 20.5 Å². The Morgan fingerprint density at radius 1 is 1.24 bits per heavy atom. The molecule has 4 nitrogen and oxygen atoms in total. The van der Waals surface area contributed by atoms with Crippen molar-refractivity contribution in [2.45, 2.75) is 104 Å². The molecule has 1 aliphatic carbocycles. The minimum Gasteiger partial charge on any atom is -0.458 e. The quantitative estimate of drug-likeness (QED) is 0.369. The molecule has 1 unspecified atom stereocenters. The number of carbonyl (C=O) groups excluding carboxylic acids is 1. The number of aliphatic hydroxyl groups excluding tert-OH is 1. The first kappa shape index (κ1) is 26.8. The van der Waals surface area contributed by atoms with Gasteiger partial charge in [-0.1, -0.05) is 46.8 Å². The van der Waals surface area contributed by atoms with E-state index in [0.717, 1.165) is 29.6 Å². The van der Waals surface area contributed by atoms with Crippen LogP contribution in [-0.4, -0.2) is 37.7 Å². The van der Waals surface area contributed by atoms with Crippen molar-refractivity contribution in [3.8, 4) is 0 Å². The molecular formula is C28H41FO4Si. The van der Waals surface area contributed by atoms with Gasteiger partial charge >= 0.3 is 5.97 Å². The van der Waals surface area contributed by atoms with Crippen molar-refractivity contribution in [2.75, 3.05) is 0 Å². The lowest BCUT2D eigenvalue weighted by Crippen LogP contribution is -2.46. The van der Waals surface area contributed by atoms with E-state index in [9.17, 15) is 14.3 Å². The van der Waals surface area contributed by atoms with Crippen LogP contribution in [0.2, 0.25) is 18.1 Å². The Hall–Kier alpha value is -1.76. The number of ether oxygens (including phenoxy) is 1. The van der Waals surface area contributed by atoms with Crippen molar-refractivity contribution in [1.82, 2.24) is 0 Å². The summed E-state index contributed by atoms with van der Waals surface area (Å²) >= 11 is 0. The molecule has 0 saturated carbocycles. The van der Waals surface area contributed by atoms with Crippen molar-refractivity contribution in [1.29, 1.82) is 0 Å². The van der Waals surface area contributed by atoms with Gasteiger partial charge in [-0.2, -0.15) is 0 Å². The maximum Gasteiger partial charge on any atom is 0.309 e. The van der Waals surface area contributed by atoms with Crippen LogP contribution < -0.4 is 0 Å². The highest BCUT2D eigenvalue weighted by Gasteiger charge is 2.43. The predicted octanol–water partition coefficient (Wildman–Crippen LogP) is 6.72. The summed E-state index contributed by atoms with van der Waals surface area (Å²) in [6.07, 6.45) is 4.95. The number of halogens is 1. The van der Waals surface area contributed by atoms with Crippen molar-refractivity contribution < 1.29 is 23.5 Å². The third-order valence-corrected chi connectivity index (χ3v) is 12.2. The average molecular weight is 489 g/mol. The number of carbonyl (C=O) groups is 1. The molecule has 3 rings (SSSR count). The maximum atomic E-state index is 14.1. The summed E-state index contributed by atoms with van der Waals surface area (Å²) in [5.74, 6) is -0.587. The predicted molar refractivity (Wildman–Crippen MR) is 137 cm³/mol. The summed E-state index contributed by atoms with van der Waals surface area (Å²) in [4.78, 5) is 11.8. The molecule has 0 radical (unpaired) electrons. The molecule has 1 N–H and O–H groups in total. The fraction of sp³-hybridized carbons (Fsp3) is 0.607. The van der Waals surface area contributed by atoms with Crippen LogP contribution >= 0.6 is 0 Å². The van der Waals surface area contributed by atoms with Gasteiger partial charge < -0.3 is 14.3 Å². The smallest absolute Gasteiger partial charge is 0.309 e. The number of rotatable bonds is 5. The van der Waals surface area contributed by atoms with Crippen LogP contribution in [0.3, 0.4) is 0 Å². The third kappa shape index (κ3) is 6.07. The zero-order valence-corrected chi connectivity index (χ0v) is 23.0. The Bertz CT molecular complexity index is 987. The molecule has 1 fully saturated rings. The number of cyclic esters (lactones) is 1. The summed E-state index contributed by atoms with van der Waals surface area (Å²) < 4.78 is 26.4. The molecule has 3 atom stereocenters. The zero-order chi connectivity index (χ0) is 25.5. The molecular weight excluding hydrogens is 447 g/mol. The van der Waals surface area contributed by atoms with Gasteiger partial charge in [0.05, 0.1) is 12.5 Å². The van der Waals surface area contributed by atoms with E-state index in [2.05, 4.69) is 47.7 Å². The summed E-state index contributed by atoms with van der Waals surface area (Å²) in [6.45, 7) is 17.5. The van der Waals surface area contributed by atoms with Crippen LogP contribution in [0.25, 0.3) is 5.57 Å². The molecule has 0 aromatic heterocycles. The largest absolute Gasteiger partial charge is 0.458 e. The first-order valence-electron chi connectivity index (χ1n) is 12.3. The van der Waals surface area contributed by atoms with E-state index in [1.54, 1.807) is 6.92 Å². The lowest BCUT2D eigenvalue weighted by atomic mass is 9.69. The Morgan fingerprint density at radius 3 is 2.50 bits per heavy atom. The first-order valence-corrected chi connectivity index (χ1v) is 15.2. The average Bonchev–Trinajstić information content (AvgIpc) is 2.66. The van der Waals surface area contributed by atoms with E-state index in [0.29, 0.717) is 12.0 Å². The molecule has 6 heteroatoms. The molecule has 34 heavy (non-hydrogen) atoms. The van der Waals surface area contributed by atoms with Crippen molar-refractivity contribution in [2.24, 2.45) is 5.41 Å². The first-order chi connectivity index (χ1) is 15.6. The van der Waals surface area contributed by atoms with E-state index >= 15 is 0 Å². The minimum absolute atomic E-state index is 0.0467. The number of aryl methyl sites for hydroxylation is 1. The van der Waals surface area contributed by atoms with Gasteiger partial charge in [-0.25, -0.2) is 4.39 Å². The molecule has 1 aromatic carbocycles. The van der Waals surface area contributed by atoms with Gasteiger partial charge in [-0.05, 0) is 83.8 Å². The number of allylic oxidation sites excluding steroid dienone is 2. The minimum atomic E-state index is -1.97. The summed E-state index contributed by atoms with van der Waals surface area (Å²) in [7, 11) is -1.97. The highest BCUT2D eigenvalue weighted by atomic mass is 28.4. The van der Waals surface area contributed by atoms with Crippen LogP contribution in [0, 0.1) is 18.2 Å². The number of hydrogen-bond donors (Lipinski definition) is 1. The van der Waals surface area contributed by atoms with E-state index in [1.807, 2.05) is 24.3 Å². The molecule has 0 amide bonds. The van der Waals surface area contributed by atoms with Gasteiger partial charge in [0.15, 0.2) is 8.32 Å². The monoisotopic (exact) mass is 488 g/mol. The van der Waals surface area contributed by atoms with Gasteiger partial charge in [-0.15, -0.1) is 0 Å². The number of aliphatic hydroxyl groups is 1. The molecule has 1 heterocycles. The van der Waals surface area contributed by atoms with E-state index in [-0.39, 0.29) is 34.8 Å². The lowest BCUT2D eigenvalue weighted by molar-refractivity contribution is -0.156. The zero-order valence-electron chi connectivity index (χ0n) is 22.0. The molecule has 1 aliphatic heterocycles. The highest BCUT2D eigenvalue weighted by Crippen LogP contribution is 2.48. The Balaban J connectivity index is 2.02. The number of hydrogen-bond acceptors (Lipinski definition) is 4. The summed E-state index contributed by atoms with van der Waals surface area (Å²) in [5.41, 5.74) is 3.70. The second kappa shape index (κ2) is 9.71. The van der Waals surface area contributed by atoms with Gasteiger partial charge in [0, 0.05) is 12.5 Å². The second-order valence-corrected chi connectivity index (χ2v) is 16.9. The molecule has 188 valence electrons. The van der Waals surface area contributed by atoms with Crippen LogP contribution in [0.15, 0.2) is 35.9 Å². The molecule has 1 saturated heterocycles. The van der Waals surface area contributed by atoms with Crippen molar-refractivity contribution in [3.63, 3.8) is 0 Å². The molecule has 1 aromatic rings. The van der Waals surface area contributed by atoms with E-state index in [1.165, 1.54) is 6.07 Å². The van der Waals surface area contributed by atoms with Crippen LogP contribution in [0.1, 0.15) is 71.4 Å². The van der Waals surface area contributed by atoms with Gasteiger partial charge in [-0.3, -0.25) is 4.79 Å². The fourth-order valence-corrected chi connectivity index (χ4v) is 6.09. The van der Waals surface area contributed by atoms with Crippen LogP contribution in [0.5, 0.6) is 0 Å². The standard InChI is InChI=1S/C28H41FO4Si/c1-18-13-19(9-12-25(18)29)23-16-22(33-34(7,8)27(2,3)4)17-28(5,6)24(23)11-10-21-14-20(30)15-26(31)32-21/h9-13,20-22,30H,14-17H2,1-8H3/t20-,21-,22?/m1/s1. The van der Waals surface area contributed by atoms with Gasteiger partial charge in [0.1, 0.15) is 11.9 Å². The number of benzene rings is 1. The molecule has 2 aliphatic rings. The second-order valence-electron chi connectivity index (χ2n) is 12.1. The molecule has 0 bridgehead atoms. The van der Waals surface area contributed by atoms with Crippen molar-refractivity contribution >= 4 is 19.9 Å². The summed E-state index contributed by atoms with van der Waals surface area (Å²) in [5, 5.41) is 10.1. The topological polar surface area (TPSA) is 55.8 Å². The fourth-order valence-electron chi connectivity index (χ4n) is 4.74. The SMILES string of the molecule is Cc1cc(C2=C(C=C[C@@H]3C[C@@H](O)CC(=O)O3)C(C)(C)CC(O[Si](C)(C)C(C)(C)C)C2)ccc1F. The maximum absolute atomic E-state index is 14.1. The number of esters is 1. The lowest BCUT2D eigenvalue weighted by Gasteiger charge is -2.45. The Kier molecular flexibility index (Phi) is 7.66. The Morgan fingerprint density at radius 2 is 1.91 bits per heavy atom.